The highest BCUT2D eigenvalue weighted by atomic mass is 15.2. The molecule has 0 aliphatic rings. The van der Waals surface area contributed by atoms with E-state index in [1.54, 1.807) is 0 Å². The minimum Gasteiger partial charge on any atom is -0.372 e. The molecule has 0 aromatic heterocycles. The van der Waals surface area contributed by atoms with E-state index in [0.29, 0.717) is 0 Å². The second-order valence-electron chi connectivity index (χ2n) is 17.9. The number of hydrogen-bond acceptors (Lipinski definition) is 4. The molecular weight excluding hydrogens is 765 g/mol. The van der Waals surface area contributed by atoms with E-state index < -0.39 is 0 Å². The summed E-state index contributed by atoms with van der Waals surface area (Å²) in [7, 11) is 0. The van der Waals surface area contributed by atoms with Crippen molar-refractivity contribution in [1.29, 1.82) is 0 Å². The summed E-state index contributed by atoms with van der Waals surface area (Å²) in [5.41, 5.74) is 13.0. The summed E-state index contributed by atoms with van der Waals surface area (Å²) in [5, 5.41) is 0. The molecule has 0 N–H and O–H groups in total. The van der Waals surface area contributed by atoms with E-state index in [2.05, 4.69) is 189 Å². The lowest BCUT2D eigenvalue weighted by Gasteiger charge is -2.29. The molecule has 0 radical (unpaired) electrons. The fourth-order valence-corrected chi connectivity index (χ4v) is 8.80. The third-order valence-electron chi connectivity index (χ3n) is 12.8. The molecule has 0 unspecified atom stereocenters. The van der Waals surface area contributed by atoms with Gasteiger partial charge in [-0.25, -0.2) is 0 Å². The van der Waals surface area contributed by atoms with Crippen LogP contribution in [-0.4, -0.2) is 39.3 Å². The van der Waals surface area contributed by atoms with Crippen molar-refractivity contribution in [2.75, 3.05) is 58.9 Å². The van der Waals surface area contributed by atoms with Gasteiger partial charge in [-0.15, -0.1) is 0 Å². The van der Waals surface area contributed by atoms with Crippen LogP contribution >= 0.6 is 0 Å². The van der Waals surface area contributed by atoms with Gasteiger partial charge in [-0.3, -0.25) is 0 Å². The summed E-state index contributed by atoms with van der Waals surface area (Å²) in [6, 6.07) is 47.3. The third-order valence-corrected chi connectivity index (χ3v) is 12.8. The Morgan fingerprint density at radius 2 is 0.524 bits per heavy atom. The minimum absolute atomic E-state index is 0.115. The molecule has 0 fully saturated rings. The maximum Gasteiger partial charge on any atom is 0.0463 e. The van der Waals surface area contributed by atoms with Crippen molar-refractivity contribution in [3.8, 4) is 0 Å². The Hall–Kier alpha value is -4.70. The highest BCUT2D eigenvalue weighted by Crippen LogP contribution is 2.39. The quantitative estimate of drug-likeness (QED) is 0.0427. The predicted octanol–water partition coefficient (Wildman–Crippen LogP) is 16.9. The number of aryl methyl sites for hydroxylation is 1. The van der Waals surface area contributed by atoms with Gasteiger partial charge in [0.1, 0.15) is 0 Å². The molecule has 5 aromatic carbocycles. The summed E-state index contributed by atoms with van der Waals surface area (Å²) < 4.78 is 0. The molecule has 0 saturated heterocycles. The maximum absolute atomic E-state index is 2.60. The van der Waals surface area contributed by atoms with Crippen LogP contribution in [0.15, 0.2) is 121 Å². The van der Waals surface area contributed by atoms with E-state index in [9.17, 15) is 0 Å². The Bertz CT molecular complexity index is 1850. The zero-order valence-corrected chi connectivity index (χ0v) is 40.8. The first-order valence-electron chi connectivity index (χ1n) is 25.5. The maximum atomic E-state index is 2.60. The van der Waals surface area contributed by atoms with Gasteiger partial charge in [0.2, 0.25) is 0 Å². The van der Waals surface area contributed by atoms with Crippen LogP contribution in [0.1, 0.15) is 167 Å². The lowest BCUT2D eigenvalue weighted by molar-refractivity contribution is 0.677. The lowest BCUT2D eigenvalue weighted by Crippen LogP contribution is -2.25. The van der Waals surface area contributed by atoms with Crippen molar-refractivity contribution >= 4 is 34.1 Å². The average molecular weight is 849 g/mol. The molecule has 63 heavy (non-hydrogen) atoms. The van der Waals surface area contributed by atoms with E-state index in [1.165, 1.54) is 146 Å². The highest BCUT2D eigenvalue weighted by Gasteiger charge is 2.21. The first kappa shape index (κ1) is 49.3. The van der Waals surface area contributed by atoms with Crippen molar-refractivity contribution in [2.24, 2.45) is 0 Å². The molecule has 5 aromatic rings. The Kier molecular flexibility index (Phi) is 21.5. The summed E-state index contributed by atoms with van der Waals surface area (Å²) in [6.07, 6.45) is 18.2. The molecule has 0 aliphatic carbocycles. The van der Waals surface area contributed by atoms with E-state index in [1.807, 2.05) is 0 Å². The fraction of sp³-hybridized carbons (Fsp3) is 0.492. The van der Waals surface area contributed by atoms with E-state index >= 15 is 0 Å². The number of nitrogens with zero attached hydrogens (tertiary/aromatic N) is 4. The Morgan fingerprint density at radius 3 is 0.810 bits per heavy atom. The molecule has 0 aliphatic heterocycles. The molecule has 4 nitrogen and oxygen atoms in total. The monoisotopic (exact) mass is 849 g/mol. The summed E-state index contributed by atoms with van der Waals surface area (Å²) in [6.45, 7) is 22.7. The van der Waals surface area contributed by atoms with Crippen molar-refractivity contribution < 1.29 is 0 Å². The lowest BCUT2D eigenvalue weighted by atomic mass is 9.84. The van der Waals surface area contributed by atoms with Crippen LogP contribution in [-0.2, 0) is 6.42 Å². The molecule has 0 atom stereocenters. The van der Waals surface area contributed by atoms with Crippen LogP contribution in [0, 0.1) is 0 Å². The first-order chi connectivity index (χ1) is 31.0. The summed E-state index contributed by atoms with van der Waals surface area (Å²) in [5.74, 6) is 0.115. The first-order valence-corrected chi connectivity index (χ1v) is 25.5. The van der Waals surface area contributed by atoms with Gasteiger partial charge in [0.05, 0.1) is 0 Å². The molecule has 0 saturated carbocycles. The molecule has 0 amide bonds. The van der Waals surface area contributed by atoms with Crippen molar-refractivity contribution in [2.45, 2.75) is 151 Å². The molecule has 0 heterocycles. The number of rotatable bonds is 30. The molecule has 0 spiro atoms. The van der Waals surface area contributed by atoms with E-state index in [0.717, 1.165) is 45.7 Å². The zero-order chi connectivity index (χ0) is 44.7. The smallest absolute Gasteiger partial charge is 0.0463 e. The van der Waals surface area contributed by atoms with Crippen LogP contribution in [0.3, 0.4) is 0 Å². The Morgan fingerprint density at radius 1 is 0.286 bits per heavy atom. The van der Waals surface area contributed by atoms with E-state index in [-0.39, 0.29) is 5.92 Å². The summed E-state index contributed by atoms with van der Waals surface area (Å²) in [4.78, 5) is 10.2. The van der Waals surface area contributed by atoms with Gasteiger partial charge in [-0.2, -0.15) is 0 Å². The van der Waals surface area contributed by atoms with Crippen LogP contribution in [0.5, 0.6) is 0 Å². The minimum atomic E-state index is 0.115. The number of benzene rings is 5. The van der Waals surface area contributed by atoms with Crippen LogP contribution < -0.4 is 19.6 Å². The van der Waals surface area contributed by atoms with Gasteiger partial charge >= 0.3 is 0 Å². The number of hydrogen-bond donors (Lipinski definition) is 0. The molecular formula is C59H84N4. The van der Waals surface area contributed by atoms with Crippen molar-refractivity contribution in [1.82, 2.24) is 0 Å². The Balaban J connectivity index is 1.55. The largest absolute Gasteiger partial charge is 0.372 e. The normalized spacial score (nSPS) is 11.3. The SMILES string of the molecule is CCCCc1ccc(N(c2ccc(C(c3ccc(N(CCCC)CCCC)cc3)c3ccc(N(CCCC)CCCC)cc3)cc2)c2ccc(N(CCCC)CCCC)cc2)cc1. The number of anilines is 6. The average Bonchev–Trinajstić information content (AvgIpc) is 3.33. The van der Waals surface area contributed by atoms with Gasteiger partial charge in [-0.1, -0.05) is 142 Å². The topological polar surface area (TPSA) is 13.0 Å². The molecule has 0 bridgehead atoms. The second kappa shape index (κ2) is 27.5. The highest BCUT2D eigenvalue weighted by molar-refractivity contribution is 5.78. The number of unbranched alkanes of at least 4 members (excludes halogenated alkanes) is 7. The van der Waals surface area contributed by atoms with Crippen LogP contribution in [0.25, 0.3) is 0 Å². The van der Waals surface area contributed by atoms with E-state index in [4.69, 9.17) is 0 Å². The Labute approximate surface area is 385 Å². The molecule has 340 valence electrons. The van der Waals surface area contributed by atoms with Gasteiger partial charge in [-0.05, 0) is 146 Å². The fourth-order valence-electron chi connectivity index (χ4n) is 8.80. The van der Waals surface area contributed by atoms with Gasteiger partial charge < -0.3 is 19.6 Å². The second-order valence-corrected chi connectivity index (χ2v) is 17.9. The molecule has 4 heteroatoms. The third kappa shape index (κ3) is 14.7. The summed E-state index contributed by atoms with van der Waals surface area (Å²) >= 11 is 0. The standard InChI is InChI=1S/C59H84N4/c1-8-15-22-49-23-31-56(32-24-49)63(58-41-39-55(40-42-58)62(47-20-13-6)48-21-14-7)57-37-29-52(30-38-57)59(50-25-33-53(34-26-50)60(43-16-9-2)44-17-10-3)51-27-35-54(36-28-51)61(45-18-11-4)46-19-12-5/h23-42,59H,8-22,43-48H2,1-7H3. The van der Waals surface area contributed by atoms with Gasteiger partial charge in [0.25, 0.3) is 0 Å². The van der Waals surface area contributed by atoms with Gasteiger partial charge in [0.15, 0.2) is 0 Å². The van der Waals surface area contributed by atoms with Gasteiger partial charge in [0, 0.05) is 79.3 Å². The van der Waals surface area contributed by atoms with Crippen molar-refractivity contribution in [3.05, 3.63) is 144 Å². The van der Waals surface area contributed by atoms with Crippen molar-refractivity contribution in [3.63, 3.8) is 0 Å². The van der Waals surface area contributed by atoms with Crippen LogP contribution in [0.2, 0.25) is 0 Å². The van der Waals surface area contributed by atoms with Crippen LogP contribution in [0.4, 0.5) is 34.1 Å². The molecule has 5 rings (SSSR count). The predicted molar refractivity (Wildman–Crippen MR) is 280 cm³/mol. The zero-order valence-electron chi connectivity index (χ0n) is 40.8.